The Bertz CT molecular complexity index is 742. The van der Waals surface area contributed by atoms with Crippen LogP contribution in [0.5, 0.6) is 11.5 Å². The second kappa shape index (κ2) is 10.7. The molecule has 0 spiro atoms. The van der Waals surface area contributed by atoms with Crippen molar-refractivity contribution in [3.05, 3.63) is 54.1 Å². The van der Waals surface area contributed by atoms with E-state index in [0.717, 1.165) is 62.0 Å². The van der Waals surface area contributed by atoms with Crippen LogP contribution in [0.25, 0.3) is 0 Å². The van der Waals surface area contributed by atoms with Crippen molar-refractivity contribution in [2.75, 3.05) is 51.9 Å². The molecule has 0 aliphatic carbocycles. The van der Waals surface area contributed by atoms with Crippen LogP contribution in [0, 0.1) is 0 Å². The van der Waals surface area contributed by atoms with Crippen molar-refractivity contribution < 1.29 is 19.0 Å². The highest BCUT2D eigenvalue weighted by Gasteiger charge is 2.09. The number of methoxy groups -OCH3 is 1. The number of hydrogen-bond acceptors (Lipinski definition) is 5. The molecule has 2 aromatic rings. The maximum absolute atomic E-state index is 12.3. The molecule has 6 heteroatoms. The van der Waals surface area contributed by atoms with Gasteiger partial charge in [0.05, 0.1) is 33.4 Å². The number of nitrogens with zero attached hydrogens (tertiary/aromatic N) is 1. The lowest BCUT2D eigenvalue weighted by molar-refractivity contribution is -0.115. The lowest BCUT2D eigenvalue weighted by atomic mass is 10.1. The number of anilines is 1. The number of hydrogen-bond donors (Lipinski definition) is 1. The summed E-state index contributed by atoms with van der Waals surface area (Å²) in [5, 5.41) is 2.93. The molecular weight excluding hydrogens is 356 g/mol. The molecule has 0 radical (unpaired) electrons. The first-order chi connectivity index (χ1) is 13.7. The zero-order valence-corrected chi connectivity index (χ0v) is 16.4. The van der Waals surface area contributed by atoms with Crippen LogP contribution in [0.15, 0.2) is 48.5 Å². The monoisotopic (exact) mass is 384 g/mol. The Balaban J connectivity index is 1.42. The molecule has 1 amide bonds. The lowest BCUT2D eigenvalue weighted by Crippen LogP contribution is -2.37. The maximum Gasteiger partial charge on any atom is 0.228 e. The number of morpholine rings is 1. The molecule has 0 atom stereocenters. The summed E-state index contributed by atoms with van der Waals surface area (Å²) in [6.07, 6.45) is 1.28. The predicted molar refractivity (Wildman–Crippen MR) is 109 cm³/mol. The van der Waals surface area contributed by atoms with Gasteiger partial charge in [0.1, 0.15) is 11.5 Å². The molecule has 28 heavy (non-hydrogen) atoms. The smallest absolute Gasteiger partial charge is 0.228 e. The summed E-state index contributed by atoms with van der Waals surface area (Å²) in [7, 11) is 1.62. The van der Waals surface area contributed by atoms with E-state index in [4.69, 9.17) is 14.2 Å². The first-order valence-electron chi connectivity index (χ1n) is 9.69. The van der Waals surface area contributed by atoms with Crippen LogP contribution in [-0.2, 0) is 16.0 Å². The fourth-order valence-corrected chi connectivity index (χ4v) is 3.10. The van der Waals surface area contributed by atoms with Gasteiger partial charge in [0.15, 0.2) is 0 Å². The summed E-state index contributed by atoms with van der Waals surface area (Å²) in [4.78, 5) is 14.7. The third kappa shape index (κ3) is 6.55. The van der Waals surface area contributed by atoms with Crippen molar-refractivity contribution in [1.29, 1.82) is 0 Å². The molecular formula is C22H28N2O4. The van der Waals surface area contributed by atoms with Gasteiger partial charge in [-0.3, -0.25) is 9.69 Å². The standard InChI is InChI=1S/C22H28N2O4/c1-26-20-8-6-18(7-9-20)16-22(25)23-19-4-2-5-21(17-19)28-13-3-10-24-11-14-27-15-12-24/h2,4-9,17H,3,10-16H2,1H3,(H,23,25). The molecule has 0 bridgehead atoms. The summed E-state index contributed by atoms with van der Waals surface area (Å²) in [6, 6.07) is 15.0. The number of benzene rings is 2. The molecule has 0 aromatic heterocycles. The normalized spacial score (nSPS) is 14.5. The minimum Gasteiger partial charge on any atom is -0.497 e. The molecule has 1 aliphatic rings. The first-order valence-corrected chi connectivity index (χ1v) is 9.69. The van der Waals surface area contributed by atoms with Crippen molar-refractivity contribution in [3.8, 4) is 11.5 Å². The molecule has 2 aromatic carbocycles. The van der Waals surface area contributed by atoms with Gasteiger partial charge in [-0.15, -0.1) is 0 Å². The number of rotatable bonds is 9. The quantitative estimate of drug-likeness (QED) is 0.674. The number of carbonyl (C=O) groups excluding carboxylic acids is 1. The largest absolute Gasteiger partial charge is 0.497 e. The van der Waals surface area contributed by atoms with Gasteiger partial charge in [-0.25, -0.2) is 0 Å². The van der Waals surface area contributed by atoms with E-state index in [2.05, 4.69) is 10.2 Å². The predicted octanol–water partition coefficient (Wildman–Crippen LogP) is 2.98. The molecule has 6 nitrogen and oxygen atoms in total. The summed E-state index contributed by atoms with van der Waals surface area (Å²) in [6.45, 7) is 5.30. The van der Waals surface area contributed by atoms with E-state index in [0.29, 0.717) is 13.0 Å². The van der Waals surface area contributed by atoms with Crippen LogP contribution in [0.4, 0.5) is 5.69 Å². The minimum atomic E-state index is -0.0605. The highest BCUT2D eigenvalue weighted by Crippen LogP contribution is 2.18. The first kappa shape index (κ1) is 20.2. The minimum absolute atomic E-state index is 0.0605. The number of ether oxygens (including phenoxy) is 3. The fraction of sp³-hybridized carbons (Fsp3) is 0.409. The second-order valence-corrected chi connectivity index (χ2v) is 6.76. The van der Waals surface area contributed by atoms with Crippen molar-refractivity contribution in [1.82, 2.24) is 4.90 Å². The Morgan fingerprint density at radius 2 is 1.89 bits per heavy atom. The van der Waals surface area contributed by atoms with Gasteiger partial charge in [0, 0.05) is 31.4 Å². The molecule has 150 valence electrons. The summed E-state index contributed by atoms with van der Waals surface area (Å²) >= 11 is 0. The average molecular weight is 384 g/mol. The van der Waals surface area contributed by atoms with E-state index >= 15 is 0 Å². The van der Waals surface area contributed by atoms with Gasteiger partial charge in [0.2, 0.25) is 5.91 Å². The summed E-state index contributed by atoms with van der Waals surface area (Å²) < 4.78 is 16.3. The Hall–Kier alpha value is -2.57. The van der Waals surface area contributed by atoms with Gasteiger partial charge in [-0.2, -0.15) is 0 Å². The van der Waals surface area contributed by atoms with Gasteiger partial charge in [0.25, 0.3) is 0 Å². The summed E-state index contributed by atoms with van der Waals surface area (Å²) in [5.41, 5.74) is 1.68. The zero-order chi connectivity index (χ0) is 19.6. The third-order valence-electron chi connectivity index (χ3n) is 4.63. The van der Waals surface area contributed by atoms with Gasteiger partial charge >= 0.3 is 0 Å². The number of carbonyl (C=O) groups is 1. The number of amides is 1. The number of nitrogens with one attached hydrogen (secondary N) is 1. The van der Waals surface area contributed by atoms with Gasteiger partial charge in [-0.1, -0.05) is 18.2 Å². The lowest BCUT2D eigenvalue weighted by Gasteiger charge is -2.26. The van der Waals surface area contributed by atoms with Crippen LogP contribution in [0.1, 0.15) is 12.0 Å². The van der Waals surface area contributed by atoms with E-state index in [1.807, 2.05) is 48.5 Å². The van der Waals surface area contributed by atoms with Crippen molar-refractivity contribution >= 4 is 11.6 Å². The average Bonchev–Trinajstić information content (AvgIpc) is 2.73. The van der Waals surface area contributed by atoms with E-state index in [1.54, 1.807) is 7.11 Å². The molecule has 0 saturated carbocycles. The summed E-state index contributed by atoms with van der Waals surface area (Å²) in [5.74, 6) is 1.49. The molecule has 1 N–H and O–H groups in total. The Morgan fingerprint density at radius 3 is 2.64 bits per heavy atom. The van der Waals surface area contributed by atoms with Crippen molar-refractivity contribution in [3.63, 3.8) is 0 Å². The van der Waals surface area contributed by atoms with Crippen LogP contribution in [0.2, 0.25) is 0 Å². The molecule has 1 heterocycles. The highest BCUT2D eigenvalue weighted by molar-refractivity contribution is 5.92. The topological polar surface area (TPSA) is 60.0 Å². The van der Waals surface area contributed by atoms with Gasteiger partial charge < -0.3 is 19.5 Å². The van der Waals surface area contributed by atoms with Crippen LogP contribution in [0.3, 0.4) is 0 Å². The Morgan fingerprint density at radius 1 is 1.11 bits per heavy atom. The molecule has 1 aliphatic heterocycles. The van der Waals surface area contributed by atoms with Crippen LogP contribution in [-0.4, -0.2) is 57.4 Å². The molecule has 1 saturated heterocycles. The second-order valence-electron chi connectivity index (χ2n) is 6.76. The van der Waals surface area contributed by atoms with Crippen LogP contribution >= 0.6 is 0 Å². The third-order valence-corrected chi connectivity index (χ3v) is 4.63. The van der Waals surface area contributed by atoms with E-state index in [-0.39, 0.29) is 5.91 Å². The Labute approximate surface area is 166 Å². The SMILES string of the molecule is COc1ccc(CC(=O)Nc2cccc(OCCCN3CCOCC3)c2)cc1. The van der Waals surface area contributed by atoms with Crippen molar-refractivity contribution in [2.24, 2.45) is 0 Å². The fourth-order valence-electron chi connectivity index (χ4n) is 3.10. The van der Waals surface area contributed by atoms with Gasteiger partial charge in [-0.05, 0) is 36.2 Å². The van der Waals surface area contributed by atoms with E-state index in [9.17, 15) is 4.79 Å². The maximum atomic E-state index is 12.3. The van der Waals surface area contributed by atoms with Crippen molar-refractivity contribution in [2.45, 2.75) is 12.8 Å². The molecule has 3 rings (SSSR count). The van der Waals surface area contributed by atoms with E-state index in [1.165, 1.54) is 0 Å². The zero-order valence-electron chi connectivity index (χ0n) is 16.4. The highest BCUT2D eigenvalue weighted by atomic mass is 16.5. The molecule has 1 fully saturated rings. The van der Waals surface area contributed by atoms with Crippen LogP contribution < -0.4 is 14.8 Å². The molecule has 0 unspecified atom stereocenters. The van der Waals surface area contributed by atoms with E-state index < -0.39 is 0 Å². The Kier molecular flexibility index (Phi) is 7.70.